The first kappa shape index (κ1) is 14.5. The van der Waals surface area contributed by atoms with E-state index < -0.39 is 5.54 Å². The molecule has 2 rings (SSSR count). The Bertz CT molecular complexity index is 522. The van der Waals surface area contributed by atoms with E-state index in [1.54, 1.807) is 38.1 Å². The first-order chi connectivity index (χ1) is 9.43. The van der Waals surface area contributed by atoms with Gasteiger partial charge in [0.1, 0.15) is 0 Å². The molecule has 1 fully saturated rings. The van der Waals surface area contributed by atoms with Gasteiger partial charge in [-0.15, -0.1) is 0 Å². The average Bonchev–Trinajstić information content (AvgIpc) is 3.23. The van der Waals surface area contributed by atoms with Crippen LogP contribution in [0.2, 0.25) is 0 Å². The van der Waals surface area contributed by atoms with Gasteiger partial charge in [0, 0.05) is 17.8 Å². The van der Waals surface area contributed by atoms with E-state index in [0.717, 1.165) is 12.8 Å². The number of carbonyl (C=O) groups is 2. The molecular formula is C15H21N3O2. The number of carbonyl (C=O) groups excluding carboxylic acids is 2. The van der Waals surface area contributed by atoms with Crippen LogP contribution in [0.1, 0.15) is 33.1 Å². The van der Waals surface area contributed by atoms with E-state index >= 15 is 0 Å². The van der Waals surface area contributed by atoms with Gasteiger partial charge in [0.2, 0.25) is 11.8 Å². The van der Waals surface area contributed by atoms with Crippen LogP contribution in [0.4, 0.5) is 11.4 Å². The minimum atomic E-state index is -0.831. The van der Waals surface area contributed by atoms with Gasteiger partial charge < -0.3 is 16.4 Å². The van der Waals surface area contributed by atoms with Crippen molar-refractivity contribution in [1.29, 1.82) is 0 Å². The van der Waals surface area contributed by atoms with Crippen molar-refractivity contribution in [2.24, 2.45) is 11.7 Å². The minimum absolute atomic E-state index is 0.0601. The Kier molecular flexibility index (Phi) is 4.09. The summed E-state index contributed by atoms with van der Waals surface area (Å²) < 4.78 is 0. The number of hydrogen-bond donors (Lipinski definition) is 3. The second kappa shape index (κ2) is 5.63. The Labute approximate surface area is 118 Å². The maximum Gasteiger partial charge on any atom is 0.244 e. The van der Waals surface area contributed by atoms with E-state index in [2.05, 4.69) is 10.6 Å². The summed E-state index contributed by atoms with van der Waals surface area (Å²) in [7, 11) is 0. The summed E-state index contributed by atoms with van der Waals surface area (Å²) in [5.74, 6) is 0.0274. The fraction of sp³-hybridized carbons (Fsp3) is 0.467. The minimum Gasteiger partial charge on any atom is -0.326 e. The molecule has 0 heterocycles. The van der Waals surface area contributed by atoms with Gasteiger partial charge in [0.05, 0.1) is 5.54 Å². The summed E-state index contributed by atoms with van der Waals surface area (Å²) in [6, 6.07) is 7.08. The molecule has 108 valence electrons. The normalized spacial score (nSPS) is 17.1. The largest absolute Gasteiger partial charge is 0.326 e. The Morgan fingerprint density at radius 2 is 1.90 bits per heavy atom. The van der Waals surface area contributed by atoms with E-state index in [9.17, 15) is 9.59 Å². The number of nitrogens with two attached hydrogens (primary N) is 1. The van der Waals surface area contributed by atoms with E-state index in [-0.39, 0.29) is 17.7 Å². The Morgan fingerprint density at radius 1 is 1.30 bits per heavy atom. The molecule has 0 saturated heterocycles. The Hall–Kier alpha value is -1.88. The van der Waals surface area contributed by atoms with Gasteiger partial charge in [-0.3, -0.25) is 9.59 Å². The van der Waals surface area contributed by atoms with Gasteiger partial charge in [0.15, 0.2) is 0 Å². The smallest absolute Gasteiger partial charge is 0.244 e. The molecule has 0 bridgehead atoms. The van der Waals surface area contributed by atoms with Crippen LogP contribution in [0, 0.1) is 5.92 Å². The topological polar surface area (TPSA) is 84.2 Å². The highest BCUT2D eigenvalue weighted by Crippen LogP contribution is 2.38. The quantitative estimate of drug-likeness (QED) is 0.769. The number of hydrogen-bond acceptors (Lipinski definition) is 3. The molecule has 2 amide bonds. The number of anilines is 2. The van der Waals surface area contributed by atoms with Crippen LogP contribution in [0.5, 0.6) is 0 Å². The molecule has 1 atom stereocenters. The zero-order chi connectivity index (χ0) is 14.8. The van der Waals surface area contributed by atoms with Gasteiger partial charge in [-0.05, 0) is 43.9 Å². The monoisotopic (exact) mass is 275 g/mol. The molecule has 1 saturated carbocycles. The molecule has 0 aromatic heterocycles. The molecule has 5 heteroatoms. The zero-order valence-corrected chi connectivity index (χ0v) is 11.9. The predicted octanol–water partition coefficient (Wildman–Crippen LogP) is 2.10. The van der Waals surface area contributed by atoms with Crippen molar-refractivity contribution < 1.29 is 9.59 Å². The van der Waals surface area contributed by atoms with Crippen molar-refractivity contribution in [2.75, 3.05) is 10.6 Å². The van der Waals surface area contributed by atoms with Crippen LogP contribution in [-0.4, -0.2) is 17.4 Å². The van der Waals surface area contributed by atoms with Crippen LogP contribution >= 0.6 is 0 Å². The van der Waals surface area contributed by atoms with Crippen LogP contribution in [-0.2, 0) is 9.59 Å². The average molecular weight is 275 g/mol. The lowest BCUT2D eigenvalue weighted by molar-refractivity contribution is -0.121. The molecule has 20 heavy (non-hydrogen) atoms. The van der Waals surface area contributed by atoms with Crippen molar-refractivity contribution in [3.05, 3.63) is 24.3 Å². The Morgan fingerprint density at radius 3 is 2.45 bits per heavy atom. The van der Waals surface area contributed by atoms with Gasteiger partial charge in [-0.2, -0.15) is 0 Å². The standard InChI is InChI=1S/C15H21N3O2/c1-3-13(19)17-11-5-4-6-12(9-11)18-14(20)15(2,16)10-7-8-10/h4-6,9-10H,3,7-8,16H2,1-2H3,(H,17,19)(H,18,20). The summed E-state index contributed by atoms with van der Waals surface area (Å²) in [5, 5.41) is 5.58. The molecule has 1 aliphatic rings. The molecule has 1 unspecified atom stereocenters. The Balaban J connectivity index is 2.04. The summed E-state index contributed by atoms with van der Waals surface area (Å²) in [6.07, 6.45) is 2.43. The van der Waals surface area contributed by atoms with Crippen molar-refractivity contribution in [3.63, 3.8) is 0 Å². The van der Waals surface area contributed by atoms with Crippen molar-refractivity contribution >= 4 is 23.2 Å². The highest BCUT2D eigenvalue weighted by Gasteiger charge is 2.44. The number of benzene rings is 1. The second-order valence-electron chi connectivity index (χ2n) is 5.49. The lowest BCUT2D eigenvalue weighted by Gasteiger charge is -2.23. The molecule has 0 aliphatic heterocycles. The molecule has 4 N–H and O–H groups in total. The van der Waals surface area contributed by atoms with Crippen LogP contribution in [0.15, 0.2) is 24.3 Å². The van der Waals surface area contributed by atoms with Crippen molar-refractivity contribution in [1.82, 2.24) is 0 Å². The summed E-state index contributed by atoms with van der Waals surface area (Å²) in [5.41, 5.74) is 6.55. The highest BCUT2D eigenvalue weighted by atomic mass is 16.2. The molecule has 1 aromatic carbocycles. The fourth-order valence-electron chi connectivity index (χ4n) is 2.06. The molecule has 1 aliphatic carbocycles. The third kappa shape index (κ3) is 3.36. The molecule has 0 spiro atoms. The van der Waals surface area contributed by atoms with Crippen LogP contribution in [0.3, 0.4) is 0 Å². The second-order valence-corrected chi connectivity index (χ2v) is 5.49. The highest BCUT2D eigenvalue weighted by molar-refractivity contribution is 5.99. The third-order valence-electron chi connectivity index (χ3n) is 3.64. The SMILES string of the molecule is CCC(=O)Nc1cccc(NC(=O)C(C)(N)C2CC2)c1. The lowest BCUT2D eigenvalue weighted by Crippen LogP contribution is -2.50. The van der Waals surface area contributed by atoms with E-state index in [0.29, 0.717) is 17.8 Å². The van der Waals surface area contributed by atoms with Crippen LogP contribution < -0.4 is 16.4 Å². The number of rotatable bonds is 5. The van der Waals surface area contributed by atoms with Gasteiger partial charge in [-0.25, -0.2) is 0 Å². The number of amides is 2. The lowest BCUT2D eigenvalue weighted by atomic mass is 9.96. The molecule has 1 aromatic rings. The molecule has 0 radical (unpaired) electrons. The molecular weight excluding hydrogens is 254 g/mol. The maximum atomic E-state index is 12.2. The first-order valence-corrected chi connectivity index (χ1v) is 6.93. The van der Waals surface area contributed by atoms with Gasteiger partial charge in [-0.1, -0.05) is 13.0 Å². The van der Waals surface area contributed by atoms with Crippen molar-refractivity contribution in [2.45, 2.75) is 38.6 Å². The number of nitrogens with one attached hydrogen (secondary N) is 2. The zero-order valence-electron chi connectivity index (χ0n) is 11.9. The van der Waals surface area contributed by atoms with E-state index in [4.69, 9.17) is 5.73 Å². The van der Waals surface area contributed by atoms with E-state index in [1.807, 2.05) is 0 Å². The fourth-order valence-corrected chi connectivity index (χ4v) is 2.06. The summed E-state index contributed by atoms with van der Waals surface area (Å²) in [6.45, 7) is 3.55. The predicted molar refractivity (Wildman–Crippen MR) is 79.3 cm³/mol. The van der Waals surface area contributed by atoms with Gasteiger partial charge >= 0.3 is 0 Å². The van der Waals surface area contributed by atoms with Crippen LogP contribution in [0.25, 0.3) is 0 Å². The van der Waals surface area contributed by atoms with E-state index in [1.165, 1.54) is 0 Å². The summed E-state index contributed by atoms with van der Waals surface area (Å²) >= 11 is 0. The first-order valence-electron chi connectivity index (χ1n) is 6.93. The third-order valence-corrected chi connectivity index (χ3v) is 3.64. The van der Waals surface area contributed by atoms with Crippen molar-refractivity contribution in [3.8, 4) is 0 Å². The maximum absolute atomic E-state index is 12.2. The van der Waals surface area contributed by atoms with Gasteiger partial charge in [0.25, 0.3) is 0 Å². The molecule has 5 nitrogen and oxygen atoms in total. The summed E-state index contributed by atoms with van der Waals surface area (Å²) in [4.78, 5) is 23.5.